The van der Waals surface area contributed by atoms with Gasteiger partial charge in [-0.25, -0.2) is 0 Å². The van der Waals surface area contributed by atoms with E-state index in [1.165, 1.54) is 38.6 Å². The minimum atomic E-state index is 0.397. The summed E-state index contributed by atoms with van der Waals surface area (Å²) in [6.07, 6.45) is 6.66. The summed E-state index contributed by atoms with van der Waals surface area (Å²) < 4.78 is 0. The second-order valence-electron chi connectivity index (χ2n) is 4.99. The van der Waals surface area contributed by atoms with Crippen molar-refractivity contribution in [2.75, 3.05) is 6.54 Å². The molecule has 1 saturated carbocycles. The van der Waals surface area contributed by atoms with Gasteiger partial charge in [-0.15, -0.1) is 0 Å². The minimum Gasteiger partial charge on any atom is -0.326 e. The molecule has 1 atom stereocenters. The smallest absolute Gasteiger partial charge is 0.0363 e. The van der Waals surface area contributed by atoms with Crippen LogP contribution in [0.3, 0.4) is 0 Å². The highest BCUT2D eigenvalue weighted by atomic mass is 15.3. The third kappa shape index (κ3) is 1.31. The van der Waals surface area contributed by atoms with E-state index in [-0.39, 0.29) is 0 Å². The van der Waals surface area contributed by atoms with Crippen molar-refractivity contribution in [3.05, 3.63) is 0 Å². The molecule has 2 N–H and O–H groups in total. The molecular weight excluding hydrogens is 160 g/mol. The molecule has 1 aliphatic heterocycles. The first kappa shape index (κ1) is 9.47. The molecule has 0 amide bonds. The van der Waals surface area contributed by atoms with Gasteiger partial charge < -0.3 is 5.73 Å². The van der Waals surface area contributed by atoms with Gasteiger partial charge in [-0.3, -0.25) is 4.90 Å². The Kier molecular flexibility index (Phi) is 2.37. The van der Waals surface area contributed by atoms with Crippen LogP contribution in [0.15, 0.2) is 0 Å². The maximum atomic E-state index is 6.26. The monoisotopic (exact) mass is 182 g/mol. The molecule has 2 heteroatoms. The molecule has 2 rings (SSSR count). The highest BCUT2D eigenvalue weighted by Crippen LogP contribution is 2.43. The molecule has 1 heterocycles. The quantitative estimate of drug-likeness (QED) is 0.669. The van der Waals surface area contributed by atoms with Gasteiger partial charge in [0.2, 0.25) is 0 Å². The lowest BCUT2D eigenvalue weighted by Gasteiger charge is -2.40. The largest absolute Gasteiger partial charge is 0.326 e. The highest BCUT2D eigenvalue weighted by molar-refractivity contribution is 5.07. The molecule has 76 valence electrons. The molecule has 2 aliphatic rings. The molecule has 1 saturated heterocycles. The summed E-state index contributed by atoms with van der Waals surface area (Å²) in [7, 11) is 0. The van der Waals surface area contributed by atoms with Gasteiger partial charge in [0.05, 0.1) is 0 Å². The van der Waals surface area contributed by atoms with E-state index >= 15 is 0 Å². The zero-order chi connectivity index (χ0) is 9.47. The van der Waals surface area contributed by atoms with Crippen molar-refractivity contribution in [3.63, 3.8) is 0 Å². The lowest BCUT2D eigenvalue weighted by molar-refractivity contribution is 0.0967. The number of nitrogens with two attached hydrogens (primary N) is 1. The van der Waals surface area contributed by atoms with Crippen molar-refractivity contribution in [2.45, 2.75) is 63.6 Å². The lowest BCUT2D eigenvalue weighted by atomic mass is 9.89. The maximum Gasteiger partial charge on any atom is 0.0363 e. The Labute approximate surface area is 81.5 Å². The number of hydrogen-bond donors (Lipinski definition) is 1. The molecular formula is C11H22N2. The van der Waals surface area contributed by atoms with E-state index < -0.39 is 0 Å². The van der Waals surface area contributed by atoms with Crippen LogP contribution < -0.4 is 5.73 Å². The minimum absolute atomic E-state index is 0.397. The van der Waals surface area contributed by atoms with Crippen LogP contribution in [0, 0.1) is 0 Å². The summed E-state index contributed by atoms with van der Waals surface area (Å²) in [6.45, 7) is 5.83. The van der Waals surface area contributed by atoms with Crippen molar-refractivity contribution in [1.29, 1.82) is 0 Å². The van der Waals surface area contributed by atoms with Crippen molar-refractivity contribution >= 4 is 0 Å². The number of rotatable bonds is 1. The Morgan fingerprint density at radius 2 is 1.92 bits per heavy atom. The van der Waals surface area contributed by atoms with Gasteiger partial charge in [-0.2, -0.15) is 0 Å². The molecule has 0 aromatic carbocycles. The second-order valence-corrected chi connectivity index (χ2v) is 4.99. The van der Waals surface area contributed by atoms with Crippen LogP contribution in [0.25, 0.3) is 0 Å². The molecule has 0 bridgehead atoms. The lowest BCUT2D eigenvalue weighted by Crippen LogP contribution is -2.53. The fraction of sp³-hybridized carbons (Fsp3) is 1.00. The van der Waals surface area contributed by atoms with Gasteiger partial charge in [-0.1, -0.05) is 12.8 Å². The Bertz CT molecular complexity index is 183. The van der Waals surface area contributed by atoms with E-state index in [2.05, 4.69) is 18.7 Å². The SMILES string of the molecule is CC(C)N1CCC(N)C12CCCC2. The predicted molar refractivity (Wildman–Crippen MR) is 55.6 cm³/mol. The molecule has 0 aromatic rings. The normalized spacial score (nSPS) is 33.7. The first-order chi connectivity index (χ1) is 6.17. The summed E-state index contributed by atoms with van der Waals surface area (Å²) in [6, 6.07) is 1.11. The first-order valence-electron chi connectivity index (χ1n) is 5.69. The Morgan fingerprint density at radius 3 is 2.46 bits per heavy atom. The van der Waals surface area contributed by atoms with E-state index in [0.29, 0.717) is 17.6 Å². The summed E-state index contributed by atoms with van der Waals surface area (Å²) in [5.41, 5.74) is 6.66. The average Bonchev–Trinajstić information content (AvgIpc) is 2.64. The molecule has 1 spiro atoms. The van der Waals surface area contributed by atoms with Crippen LogP contribution in [0.5, 0.6) is 0 Å². The van der Waals surface area contributed by atoms with Crippen LogP contribution in [0.4, 0.5) is 0 Å². The van der Waals surface area contributed by atoms with Crippen LogP contribution in [-0.2, 0) is 0 Å². The standard InChI is InChI=1S/C11H22N2/c1-9(2)13-8-5-10(12)11(13)6-3-4-7-11/h9-10H,3-8,12H2,1-2H3. The second kappa shape index (κ2) is 3.25. The van der Waals surface area contributed by atoms with Crippen LogP contribution in [0.1, 0.15) is 46.0 Å². The highest BCUT2D eigenvalue weighted by Gasteiger charge is 2.49. The number of hydrogen-bond acceptors (Lipinski definition) is 2. The van der Waals surface area contributed by atoms with Gasteiger partial charge in [0, 0.05) is 24.2 Å². The third-order valence-electron chi connectivity index (χ3n) is 4.04. The Hall–Kier alpha value is -0.0800. The summed E-state index contributed by atoms with van der Waals surface area (Å²) in [5.74, 6) is 0. The molecule has 1 aliphatic carbocycles. The summed E-state index contributed by atoms with van der Waals surface area (Å²) >= 11 is 0. The van der Waals surface area contributed by atoms with E-state index in [1.54, 1.807) is 0 Å². The number of likely N-dealkylation sites (tertiary alicyclic amines) is 1. The Balaban J connectivity index is 2.20. The van der Waals surface area contributed by atoms with Crippen molar-refractivity contribution in [1.82, 2.24) is 4.90 Å². The van der Waals surface area contributed by atoms with Gasteiger partial charge in [0.25, 0.3) is 0 Å². The van der Waals surface area contributed by atoms with E-state index in [9.17, 15) is 0 Å². The van der Waals surface area contributed by atoms with Crippen LogP contribution in [0.2, 0.25) is 0 Å². The average molecular weight is 182 g/mol. The van der Waals surface area contributed by atoms with Crippen molar-refractivity contribution < 1.29 is 0 Å². The van der Waals surface area contributed by atoms with Gasteiger partial charge in [0.1, 0.15) is 0 Å². The predicted octanol–water partition coefficient (Wildman–Crippen LogP) is 1.74. The zero-order valence-corrected chi connectivity index (χ0v) is 8.92. The summed E-state index contributed by atoms with van der Waals surface area (Å²) in [5, 5.41) is 0. The molecule has 1 unspecified atom stereocenters. The first-order valence-corrected chi connectivity index (χ1v) is 5.69. The van der Waals surface area contributed by atoms with E-state index in [4.69, 9.17) is 5.73 Å². The molecule has 0 aromatic heterocycles. The van der Waals surface area contributed by atoms with Crippen LogP contribution in [-0.4, -0.2) is 29.1 Å². The molecule has 2 nitrogen and oxygen atoms in total. The van der Waals surface area contributed by atoms with Gasteiger partial charge >= 0.3 is 0 Å². The van der Waals surface area contributed by atoms with Gasteiger partial charge in [0.15, 0.2) is 0 Å². The Morgan fingerprint density at radius 1 is 1.31 bits per heavy atom. The fourth-order valence-corrected chi connectivity index (χ4v) is 3.40. The van der Waals surface area contributed by atoms with E-state index in [0.717, 1.165) is 0 Å². The molecule has 0 radical (unpaired) electrons. The van der Waals surface area contributed by atoms with E-state index in [1.807, 2.05) is 0 Å². The number of nitrogens with zero attached hydrogens (tertiary/aromatic N) is 1. The van der Waals surface area contributed by atoms with Crippen molar-refractivity contribution in [3.8, 4) is 0 Å². The zero-order valence-electron chi connectivity index (χ0n) is 8.92. The fourth-order valence-electron chi connectivity index (χ4n) is 3.40. The molecule has 2 fully saturated rings. The van der Waals surface area contributed by atoms with Crippen LogP contribution >= 0.6 is 0 Å². The van der Waals surface area contributed by atoms with Gasteiger partial charge in [-0.05, 0) is 33.1 Å². The van der Waals surface area contributed by atoms with Crippen molar-refractivity contribution in [2.24, 2.45) is 5.73 Å². The topological polar surface area (TPSA) is 29.3 Å². The molecule has 13 heavy (non-hydrogen) atoms. The maximum absolute atomic E-state index is 6.26. The third-order valence-corrected chi connectivity index (χ3v) is 4.04. The summed E-state index contributed by atoms with van der Waals surface area (Å²) in [4.78, 5) is 2.66.